The van der Waals surface area contributed by atoms with Gasteiger partial charge in [-0.3, -0.25) is 9.69 Å². The molecule has 1 atom stereocenters. The molecule has 1 aliphatic heterocycles. The van der Waals surface area contributed by atoms with Crippen molar-refractivity contribution in [2.45, 2.75) is 25.4 Å². The smallest absolute Gasteiger partial charge is 0.264 e. The molecule has 1 fully saturated rings. The van der Waals surface area contributed by atoms with Gasteiger partial charge >= 0.3 is 0 Å². The third-order valence-corrected chi connectivity index (χ3v) is 3.80. The zero-order valence-electron chi connectivity index (χ0n) is 12.0. The van der Waals surface area contributed by atoms with E-state index in [9.17, 15) is 4.79 Å². The van der Waals surface area contributed by atoms with Gasteiger partial charge in [0.25, 0.3) is 5.56 Å². The van der Waals surface area contributed by atoms with E-state index in [0.29, 0.717) is 5.88 Å². The highest BCUT2D eigenvalue weighted by atomic mass is 16.5. The third-order valence-electron chi connectivity index (χ3n) is 3.80. The highest BCUT2D eigenvalue weighted by Gasteiger charge is 2.27. The molecule has 0 radical (unpaired) electrons. The lowest BCUT2D eigenvalue weighted by Crippen LogP contribution is -2.24. The van der Waals surface area contributed by atoms with Crippen molar-refractivity contribution in [3.8, 4) is 5.88 Å². The fourth-order valence-corrected chi connectivity index (χ4v) is 2.75. The standard InChI is InChI=1S/C15H18N4O2/c1-21-15-7-4-11(9-16-15)10-19-8-2-3-13(19)12-5-6-14(20)18-17-12/h4-7,9,13H,2-3,8,10H2,1H3,(H,18,20). The van der Waals surface area contributed by atoms with Crippen LogP contribution in [-0.4, -0.2) is 33.7 Å². The second-order valence-corrected chi connectivity index (χ2v) is 5.18. The van der Waals surface area contributed by atoms with E-state index in [-0.39, 0.29) is 11.6 Å². The second kappa shape index (κ2) is 6.05. The number of methoxy groups -OCH3 is 1. The second-order valence-electron chi connectivity index (χ2n) is 5.18. The summed E-state index contributed by atoms with van der Waals surface area (Å²) >= 11 is 0. The van der Waals surface area contributed by atoms with Gasteiger partial charge in [-0.05, 0) is 31.0 Å². The van der Waals surface area contributed by atoms with Gasteiger partial charge in [-0.15, -0.1) is 0 Å². The molecule has 0 amide bonds. The van der Waals surface area contributed by atoms with Crippen molar-refractivity contribution < 1.29 is 4.74 Å². The van der Waals surface area contributed by atoms with E-state index in [2.05, 4.69) is 20.1 Å². The molecule has 2 aromatic heterocycles. The van der Waals surface area contributed by atoms with Gasteiger partial charge in [0.05, 0.1) is 18.8 Å². The first-order valence-corrected chi connectivity index (χ1v) is 7.05. The summed E-state index contributed by atoms with van der Waals surface area (Å²) in [5.41, 5.74) is 1.91. The van der Waals surface area contributed by atoms with Gasteiger partial charge in [0, 0.05) is 24.9 Å². The van der Waals surface area contributed by atoms with Crippen molar-refractivity contribution in [1.82, 2.24) is 20.1 Å². The molecule has 1 aliphatic rings. The van der Waals surface area contributed by atoms with Crippen LogP contribution >= 0.6 is 0 Å². The Hall–Kier alpha value is -2.21. The molecule has 21 heavy (non-hydrogen) atoms. The summed E-state index contributed by atoms with van der Waals surface area (Å²) in [7, 11) is 1.61. The van der Waals surface area contributed by atoms with Crippen LogP contribution in [0, 0.1) is 0 Å². The minimum atomic E-state index is -0.164. The van der Waals surface area contributed by atoms with Gasteiger partial charge in [-0.25, -0.2) is 10.1 Å². The summed E-state index contributed by atoms with van der Waals surface area (Å²) in [4.78, 5) is 17.7. The average Bonchev–Trinajstić information content (AvgIpc) is 2.97. The molecule has 6 heteroatoms. The molecular formula is C15H18N4O2. The average molecular weight is 286 g/mol. The number of aromatic amines is 1. The molecular weight excluding hydrogens is 268 g/mol. The molecule has 0 saturated carbocycles. The number of nitrogens with zero attached hydrogens (tertiary/aromatic N) is 3. The number of likely N-dealkylation sites (tertiary alicyclic amines) is 1. The number of ether oxygens (including phenoxy) is 1. The molecule has 3 rings (SSSR count). The molecule has 1 N–H and O–H groups in total. The Morgan fingerprint density at radius 1 is 1.38 bits per heavy atom. The summed E-state index contributed by atoms with van der Waals surface area (Å²) in [5.74, 6) is 0.624. The first kappa shape index (κ1) is 13.8. The van der Waals surface area contributed by atoms with Gasteiger partial charge < -0.3 is 4.74 Å². The number of aromatic nitrogens is 3. The van der Waals surface area contributed by atoms with Crippen LogP contribution in [0.1, 0.15) is 30.1 Å². The molecule has 1 saturated heterocycles. The number of hydrogen-bond acceptors (Lipinski definition) is 5. The lowest BCUT2D eigenvalue weighted by atomic mass is 10.1. The van der Waals surface area contributed by atoms with E-state index >= 15 is 0 Å². The van der Waals surface area contributed by atoms with E-state index < -0.39 is 0 Å². The van der Waals surface area contributed by atoms with Crippen LogP contribution in [0.4, 0.5) is 0 Å². The van der Waals surface area contributed by atoms with E-state index in [0.717, 1.165) is 37.2 Å². The first-order valence-electron chi connectivity index (χ1n) is 7.05. The SMILES string of the molecule is COc1ccc(CN2CCCC2c2ccc(=O)[nH]n2)cn1. The zero-order valence-corrected chi connectivity index (χ0v) is 12.0. The normalized spacial score (nSPS) is 18.8. The van der Waals surface area contributed by atoms with Crippen molar-refractivity contribution in [2.75, 3.05) is 13.7 Å². The van der Waals surface area contributed by atoms with Gasteiger partial charge in [0.1, 0.15) is 0 Å². The van der Waals surface area contributed by atoms with Crippen molar-refractivity contribution in [2.24, 2.45) is 0 Å². The Bertz CT molecular complexity index is 633. The Kier molecular flexibility index (Phi) is 3.96. The van der Waals surface area contributed by atoms with Crippen LogP contribution < -0.4 is 10.3 Å². The quantitative estimate of drug-likeness (QED) is 0.922. The molecule has 2 aromatic rings. The van der Waals surface area contributed by atoms with Gasteiger partial charge in [-0.2, -0.15) is 5.10 Å². The van der Waals surface area contributed by atoms with Crippen LogP contribution in [0.15, 0.2) is 35.3 Å². The topological polar surface area (TPSA) is 71.1 Å². The van der Waals surface area contributed by atoms with Crippen LogP contribution in [-0.2, 0) is 6.54 Å². The van der Waals surface area contributed by atoms with Crippen molar-refractivity contribution in [3.63, 3.8) is 0 Å². The third kappa shape index (κ3) is 3.11. The zero-order chi connectivity index (χ0) is 14.7. The Labute approximate surface area is 122 Å². The molecule has 0 bridgehead atoms. The predicted molar refractivity (Wildman–Crippen MR) is 78.0 cm³/mol. The van der Waals surface area contributed by atoms with Crippen LogP contribution in [0.3, 0.4) is 0 Å². The maximum absolute atomic E-state index is 11.1. The molecule has 0 aromatic carbocycles. The maximum atomic E-state index is 11.1. The van der Waals surface area contributed by atoms with Crippen molar-refractivity contribution >= 4 is 0 Å². The van der Waals surface area contributed by atoms with E-state index in [1.807, 2.05) is 24.4 Å². The van der Waals surface area contributed by atoms with Gasteiger partial charge in [-0.1, -0.05) is 6.07 Å². The summed E-state index contributed by atoms with van der Waals surface area (Å²) in [6.45, 7) is 1.85. The highest BCUT2D eigenvalue weighted by molar-refractivity contribution is 5.18. The highest BCUT2D eigenvalue weighted by Crippen LogP contribution is 2.31. The summed E-state index contributed by atoms with van der Waals surface area (Å²) in [6, 6.07) is 7.51. The van der Waals surface area contributed by atoms with Crippen LogP contribution in [0.5, 0.6) is 5.88 Å². The van der Waals surface area contributed by atoms with E-state index in [1.165, 1.54) is 6.07 Å². The summed E-state index contributed by atoms with van der Waals surface area (Å²) in [6.07, 6.45) is 4.03. The van der Waals surface area contributed by atoms with Crippen molar-refractivity contribution in [1.29, 1.82) is 0 Å². The Balaban J connectivity index is 1.74. The molecule has 0 aliphatic carbocycles. The monoisotopic (exact) mass is 286 g/mol. The molecule has 3 heterocycles. The lowest BCUT2D eigenvalue weighted by Gasteiger charge is -2.23. The summed E-state index contributed by atoms with van der Waals surface area (Å²) in [5, 5.41) is 6.68. The number of pyridine rings is 1. The van der Waals surface area contributed by atoms with Crippen LogP contribution in [0.2, 0.25) is 0 Å². The number of H-pyrrole nitrogens is 1. The molecule has 0 spiro atoms. The minimum Gasteiger partial charge on any atom is -0.481 e. The van der Waals surface area contributed by atoms with E-state index in [4.69, 9.17) is 4.74 Å². The number of rotatable bonds is 4. The molecule has 1 unspecified atom stereocenters. The van der Waals surface area contributed by atoms with Gasteiger partial charge in [0.15, 0.2) is 0 Å². The minimum absolute atomic E-state index is 0.164. The van der Waals surface area contributed by atoms with E-state index in [1.54, 1.807) is 7.11 Å². The first-order chi connectivity index (χ1) is 10.3. The van der Waals surface area contributed by atoms with Crippen LogP contribution in [0.25, 0.3) is 0 Å². The largest absolute Gasteiger partial charge is 0.481 e. The Morgan fingerprint density at radius 2 is 2.29 bits per heavy atom. The predicted octanol–water partition coefficient (Wildman–Crippen LogP) is 1.51. The molecule has 6 nitrogen and oxygen atoms in total. The fourth-order valence-electron chi connectivity index (χ4n) is 2.75. The van der Waals surface area contributed by atoms with Gasteiger partial charge in [0.2, 0.25) is 5.88 Å². The lowest BCUT2D eigenvalue weighted by molar-refractivity contribution is 0.242. The Morgan fingerprint density at radius 3 is 2.95 bits per heavy atom. The van der Waals surface area contributed by atoms with Crippen molar-refractivity contribution in [3.05, 3.63) is 52.1 Å². The number of nitrogens with one attached hydrogen (secondary N) is 1. The summed E-state index contributed by atoms with van der Waals surface area (Å²) < 4.78 is 5.07. The maximum Gasteiger partial charge on any atom is 0.264 e. The fraction of sp³-hybridized carbons (Fsp3) is 0.400. The molecule has 110 valence electrons. The number of hydrogen-bond donors (Lipinski definition) is 1.